The van der Waals surface area contributed by atoms with E-state index in [-0.39, 0.29) is 0 Å². The summed E-state index contributed by atoms with van der Waals surface area (Å²) in [4.78, 5) is 13.6. The van der Waals surface area contributed by atoms with Crippen LogP contribution in [0.1, 0.15) is 24.2 Å². The Morgan fingerprint density at radius 1 is 1.00 bits per heavy atom. The lowest BCUT2D eigenvalue weighted by atomic mass is 10.1. The Labute approximate surface area is 142 Å². The van der Waals surface area contributed by atoms with Gasteiger partial charge in [-0.2, -0.15) is 0 Å². The summed E-state index contributed by atoms with van der Waals surface area (Å²) in [5, 5.41) is 0. The van der Waals surface area contributed by atoms with Crippen molar-refractivity contribution in [3.8, 4) is 11.5 Å². The van der Waals surface area contributed by atoms with Gasteiger partial charge in [-0.3, -0.25) is 9.88 Å². The maximum Gasteiger partial charge on any atom is 0.231 e. The average Bonchev–Trinajstić information content (AvgIpc) is 3.09. The first-order chi connectivity index (χ1) is 11.7. The molecule has 2 aliphatic rings. The topological polar surface area (TPSA) is 50.7 Å². The van der Waals surface area contributed by atoms with Gasteiger partial charge in [0.05, 0.1) is 18.1 Å². The van der Waals surface area contributed by atoms with Crippen LogP contribution in [0, 0.1) is 6.92 Å². The lowest BCUT2D eigenvalue weighted by molar-refractivity contribution is 0.173. The van der Waals surface area contributed by atoms with E-state index in [1.807, 2.05) is 25.4 Å². The van der Waals surface area contributed by atoms with Crippen LogP contribution >= 0.6 is 0 Å². The predicted octanol–water partition coefficient (Wildman–Crippen LogP) is 2.40. The molecular weight excluding hydrogens is 304 g/mol. The molecule has 0 radical (unpaired) electrons. The number of nitrogens with zero attached hydrogens (tertiary/aromatic N) is 4. The van der Waals surface area contributed by atoms with E-state index < -0.39 is 0 Å². The van der Waals surface area contributed by atoms with E-state index in [1.165, 1.54) is 5.56 Å². The normalized spacial score (nSPS) is 18.7. The second-order valence-electron chi connectivity index (χ2n) is 6.33. The van der Waals surface area contributed by atoms with Crippen LogP contribution in [-0.4, -0.2) is 47.8 Å². The molecule has 0 aliphatic carbocycles. The third kappa shape index (κ3) is 2.89. The first-order valence-electron chi connectivity index (χ1n) is 8.38. The molecule has 0 bridgehead atoms. The van der Waals surface area contributed by atoms with Gasteiger partial charge in [0.2, 0.25) is 6.79 Å². The van der Waals surface area contributed by atoms with Crippen molar-refractivity contribution in [2.45, 2.75) is 19.9 Å². The van der Waals surface area contributed by atoms with Crippen LogP contribution in [0.3, 0.4) is 0 Å². The number of anilines is 1. The second kappa shape index (κ2) is 6.28. The molecule has 0 saturated carbocycles. The monoisotopic (exact) mass is 326 g/mol. The minimum Gasteiger partial charge on any atom is -0.454 e. The highest BCUT2D eigenvalue weighted by molar-refractivity contribution is 5.45. The summed E-state index contributed by atoms with van der Waals surface area (Å²) in [7, 11) is 0. The Morgan fingerprint density at radius 2 is 1.79 bits per heavy atom. The Hall–Kier alpha value is -2.34. The Bertz CT molecular complexity index is 711. The third-order valence-electron chi connectivity index (χ3n) is 4.83. The van der Waals surface area contributed by atoms with Crippen LogP contribution in [0.2, 0.25) is 0 Å². The number of piperazine rings is 1. The van der Waals surface area contributed by atoms with Gasteiger partial charge in [0.1, 0.15) is 5.82 Å². The van der Waals surface area contributed by atoms with Gasteiger partial charge in [-0.15, -0.1) is 0 Å². The van der Waals surface area contributed by atoms with Gasteiger partial charge in [-0.1, -0.05) is 6.07 Å². The predicted molar refractivity (Wildman–Crippen MR) is 91.5 cm³/mol. The van der Waals surface area contributed by atoms with Crippen molar-refractivity contribution in [1.29, 1.82) is 0 Å². The smallest absolute Gasteiger partial charge is 0.231 e. The molecule has 3 heterocycles. The van der Waals surface area contributed by atoms with Crippen LogP contribution in [0.4, 0.5) is 5.82 Å². The minimum absolute atomic E-state index is 0.323. The molecule has 6 nitrogen and oxygen atoms in total. The maximum absolute atomic E-state index is 5.50. The SMILES string of the molecule is Cc1cnc(N2CCN(C(C)c3ccc4c(c3)OCO4)CC2)cn1. The number of fused-ring (bicyclic) bond motifs is 1. The molecule has 1 unspecified atom stereocenters. The fourth-order valence-electron chi connectivity index (χ4n) is 3.27. The Morgan fingerprint density at radius 3 is 2.54 bits per heavy atom. The summed E-state index contributed by atoms with van der Waals surface area (Å²) < 4.78 is 10.9. The maximum atomic E-state index is 5.50. The van der Waals surface area contributed by atoms with Crippen molar-refractivity contribution < 1.29 is 9.47 Å². The zero-order chi connectivity index (χ0) is 16.5. The van der Waals surface area contributed by atoms with Crippen molar-refractivity contribution >= 4 is 5.82 Å². The van der Waals surface area contributed by atoms with Gasteiger partial charge in [0.15, 0.2) is 11.5 Å². The number of aromatic nitrogens is 2. The standard InChI is InChI=1S/C18H22N4O2/c1-13-10-20-18(11-19-13)22-7-5-21(6-8-22)14(2)15-3-4-16-17(9-15)24-12-23-16/h3-4,9-11,14H,5-8,12H2,1-2H3. The third-order valence-corrected chi connectivity index (χ3v) is 4.83. The molecule has 24 heavy (non-hydrogen) atoms. The van der Waals surface area contributed by atoms with Crippen LogP contribution in [0.5, 0.6) is 11.5 Å². The Kier molecular flexibility index (Phi) is 3.98. The lowest BCUT2D eigenvalue weighted by Gasteiger charge is -2.38. The molecule has 1 atom stereocenters. The first-order valence-corrected chi connectivity index (χ1v) is 8.38. The van der Waals surface area contributed by atoms with Gasteiger partial charge < -0.3 is 14.4 Å². The van der Waals surface area contributed by atoms with Crippen molar-refractivity contribution in [3.05, 3.63) is 41.9 Å². The molecular formula is C18H22N4O2. The average molecular weight is 326 g/mol. The summed E-state index contributed by atoms with van der Waals surface area (Å²) in [5.74, 6) is 2.66. The van der Waals surface area contributed by atoms with Gasteiger partial charge >= 0.3 is 0 Å². The van der Waals surface area contributed by atoms with Crippen LogP contribution in [-0.2, 0) is 0 Å². The number of benzene rings is 1. The van der Waals surface area contributed by atoms with E-state index >= 15 is 0 Å². The fraction of sp³-hybridized carbons (Fsp3) is 0.444. The van der Waals surface area contributed by atoms with Crippen molar-refractivity contribution in [3.63, 3.8) is 0 Å². The molecule has 4 rings (SSSR count). The number of hydrogen-bond donors (Lipinski definition) is 0. The summed E-state index contributed by atoms with van der Waals surface area (Å²) in [6.07, 6.45) is 3.70. The summed E-state index contributed by atoms with van der Waals surface area (Å²) in [6.45, 7) is 8.47. The number of ether oxygens (including phenoxy) is 2. The number of rotatable bonds is 3. The number of aryl methyl sites for hydroxylation is 1. The number of hydrogen-bond acceptors (Lipinski definition) is 6. The zero-order valence-electron chi connectivity index (χ0n) is 14.1. The molecule has 1 fully saturated rings. The molecule has 2 aromatic rings. The summed E-state index contributed by atoms with van der Waals surface area (Å²) in [6, 6.07) is 6.60. The highest BCUT2D eigenvalue weighted by Gasteiger charge is 2.24. The highest BCUT2D eigenvalue weighted by atomic mass is 16.7. The molecule has 1 aromatic carbocycles. The molecule has 0 amide bonds. The molecule has 0 spiro atoms. The van der Waals surface area contributed by atoms with Crippen molar-refractivity contribution in [2.75, 3.05) is 37.9 Å². The van der Waals surface area contributed by atoms with E-state index in [1.54, 1.807) is 0 Å². The molecule has 1 saturated heterocycles. The van der Waals surface area contributed by atoms with Crippen LogP contribution in [0.25, 0.3) is 0 Å². The van der Waals surface area contributed by atoms with Gasteiger partial charge in [0, 0.05) is 32.2 Å². The van der Waals surface area contributed by atoms with Crippen molar-refractivity contribution in [2.24, 2.45) is 0 Å². The zero-order valence-corrected chi connectivity index (χ0v) is 14.1. The largest absolute Gasteiger partial charge is 0.454 e. The van der Waals surface area contributed by atoms with E-state index in [0.717, 1.165) is 49.2 Å². The van der Waals surface area contributed by atoms with E-state index in [2.05, 4.69) is 38.8 Å². The first kappa shape index (κ1) is 15.2. The lowest BCUT2D eigenvalue weighted by Crippen LogP contribution is -2.47. The molecule has 0 N–H and O–H groups in total. The molecule has 2 aliphatic heterocycles. The molecule has 1 aromatic heterocycles. The van der Waals surface area contributed by atoms with Crippen LogP contribution < -0.4 is 14.4 Å². The molecule has 126 valence electrons. The summed E-state index contributed by atoms with van der Waals surface area (Å²) in [5.41, 5.74) is 2.22. The van der Waals surface area contributed by atoms with E-state index in [0.29, 0.717) is 12.8 Å². The van der Waals surface area contributed by atoms with E-state index in [9.17, 15) is 0 Å². The van der Waals surface area contributed by atoms with Gasteiger partial charge in [-0.25, -0.2) is 4.98 Å². The second-order valence-corrected chi connectivity index (χ2v) is 6.33. The summed E-state index contributed by atoms with van der Waals surface area (Å²) >= 11 is 0. The molecule has 6 heteroatoms. The Balaban J connectivity index is 1.41. The van der Waals surface area contributed by atoms with Gasteiger partial charge in [0.25, 0.3) is 0 Å². The minimum atomic E-state index is 0.323. The highest BCUT2D eigenvalue weighted by Crippen LogP contribution is 2.35. The van der Waals surface area contributed by atoms with Crippen molar-refractivity contribution in [1.82, 2.24) is 14.9 Å². The van der Waals surface area contributed by atoms with E-state index in [4.69, 9.17) is 9.47 Å². The van der Waals surface area contributed by atoms with Gasteiger partial charge in [-0.05, 0) is 31.5 Å². The quantitative estimate of drug-likeness (QED) is 0.863. The fourth-order valence-corrected chi connectivity index (χ4v) is 3.27. The van der Waals surface area contributed by atoms with Crippen LogP contribution in [0.15, 0.2) is 30.6 Å².